The zero-order valence-electron chi connectivity index (χ0n) is 10.5. The fourth-order valence-electron chi connectivity index (χ4n) is 2.13. The van der Waals surface area contributed by atoms with Crippen LogP contribution in [-0.2, 0) is 0 Å². The normalized spacial score (nSPS) is 22.3. The Morgan fingerprint density at radius 1 is 1.65 bits per heavy atom. The molecule has 0 aliphatic heterocycles. The monoisotopic (exact) mass is 234 g/mol. The van der Waals surface area contributed by atoms with Crippen LogP contribution in [0.1, 0.15) is 29.4 Å². The van der Waals surface area contributed by atoms with Gasteiger partial charge < -0.3 is 10.0 Å². The smallest absolute Gasteiger partial charge is 0.339 e. The molecule has 1 aliphatic carbocycles. The molecule has 4 nitrogen and oxygen atoms in total. The second-order valence-electron chi connectivity index (χ2n) is 5.00. The number of carboxylic acids is 1. The third-order valence-corrected chi connectivity index (χ3v) is 3.45. The van der Waals surface area contributed by atoms with Gasteiger partial charge in [0.05, 0.1) is 5.69 Å². The molecule has 2 rings (SSSR count). The van der Waals surface area contributed by atoms with Crippen molar-refractivity contribution in [2.75, 3.05) is 18.5 Å². The van der Waals surface area contributed by atoms with Gasteiger partial charge in [0.25, 0.3) is 0 Å². The van der Waals surface area contributed by atoms with E-state index in [0.717, 1.165) is 23.8 Å². The molecule has 0 aromatic carbocycles. The van der Waals surface area contributed by atoms with Crippen LogP contribution >= 0.6 is 0 Å². The van der Waals surface area contributed by atoms with Gasteiger partial charge in [0, 0.05) is 25.5 Å². The van der Waals surface area contributed by atoms with Crippen LogP contribution in [0.4, 0.5) is 5.69 Å². The molecule has 0 bridgehead atoms. The summed E-state index contributed by atoms with van der Waals surface area (Å²) in [5.41, 5.74) is 1.90. The minimum absolute atomic E-state index is 0.284. The number of hydrogen-bond acceptors (Lipinski definition) is 3. The van der Waals surface area contributed by atoms with Gasteiger partial charge >= 0.3 is 5.97 Å². The molecule has 0 radical (unpaired) electrons. The largest absolute Gasteiger partial charge is 0.478 e. The summed E-state index contributed by atoms with van der Waals surface area (Å²) in [6, 6.07) is 1.84. The Hall–Kier alpha value is -1.58. The highest BCUT2D eigenvalue weighted by molar-refractivity contribution is 5.94. The summed E-state index contributed by atoms with van der Waals surface area (Å²) >= 11 is 0. The van der Waals surface area contributed by atoms with Crippen molar-refractivity contribution in [2.24, 2.45) is 11.8 Å². The molecule has 1 N–H and O–H groups in total. The lowest BCUT2D eigenvalue weighted by atomic mass is 10.2. The van der Waals surface area contributed by atoms with E-state index in [2.05, 4.69) is 11.9 Å². The molecule has 1 saturated carbocycles. The summed E-state index contributed by atoms with van der Waals surface area (Å²) < 4.78 is 0. The zero-order valence-corrected chi connectivity index (χ0v) is 10.5. The number of hydrogen-bond donors (Lipinski definition) is 1. The maximum atomic E-state index is 11.1. The fraction of sp³-hybridized carbons (Fsp3) is 0.538. The molecule has 0 amide bonds. The van der Waals surface area contributed by atoms with Crippen LogP contribution in [-0.4, -0.2) is 29.7 Å². The second kappa shape index (κ2) is 4.35. The number of pyridine rings is 1. The van der Waals surface area contributed by atoms with Crippen LogP contribution in [0.2, 0.25) is 0 Å². The maximum Gasteiger partial charge on any atom is 0.339 e. The molecule has 92 valence electrons. The van der Waals surface area contributed by atoms with Crippen LogP contribution in [0.15, 0.2) is 12.3 Å². The number of nitrogens with zero attached hydrogens (tertiary/aromatic N) is 2. The predicted octanol–water partition coefficient (Wildman–Crippen LogP) is 2.18. The minimum Gasteiger partial charge on any atom is -0.478 e. The number of carbonyl (C=O) groups is 1. The lowest BCUT2D eigenvalue weighted by Gasteiger charge is -2.21. The predicted molar refractivity (Wildman–Crippen MR) is 66.5 cm³/mol. The molecule has 17 heavy (non-hydrogen) atoms. The quantitative estimate of drug-likeness (QED) is 0.867. The number of aromatic carboxylic acids is 1. The molecule has 2 unspecified atom stereocenters. The van der Waals surface area contributed by atoms with Crippen molar-refractivity contribution in [3.05, 3.63) is 23.5 Å². The average molecular weight is 234 g/mol. The van der Waals surface area contributed by atoms with E-state index in [1.165, 1.54) is 12.6 Å². The van der Waals surface area contributed by atoms with E-state index >= 15 is 0 Å². The molecule has 1 aromatic rings. The Bertz CT molecular complexity index is 445. The van der Waals surface area contributed by atoms with Crippen molar-refractivity contribution in [2.45, 2.75) is 20.3 Å². The third-order valence-electron chi connectivity index (χ3n) is 3.45. The minimum atomic E-state index is -0.914. The van der Waals surface area contributed by atoms with Gasteiger partial charge in [-0.25, -0.2) is 4.79 Å². The number of rotatable bonds is 4. The standard InChI is InChI=1S/C13H18N2O2/c1-8-4-10(8)7-15(3)12-5-9(2)14-6-11(12)13(16)17/h5-6,8,10H,4,7H2,1-3H3,(H,16,17). The van der Waals surface area contributed by atoms with Gasteiger partial charge in [-0.15, -0.1) is 0 Å². The number of aromatic nitrogens is 1. The van der Waals surface area contributed by atoms with Gasteiger partial charge in [-0.3, -0.25) is 4.98 Å². The van der Waals surface area contributed by atoms with Gasteiger partial charge in [-0.2, -0.15) is 0 Å². The van der Waals surface area contributed by atoms with E-state index in [1.54, 1.807) is 0 Å². The molecule has 4 heteroatoms. The van der Waals surface area contributed by atoms with E-state index < -0.39 is 5.97 Å². The summed E-state index contributed by atoms with van der Waals surface area (Å²) in [7, 11) is 1.95. The molecule has 2 atom stereocenters. The second-order valence-corrected chi connectivity index (χ2v) is 5.00. The first-order valence-corrected chi connectivity index (χ1v) is 5.90. The van der Waals surface area contributed by atoms with Crippen molar-refractivity contribution in [3.8, 4) is 0 Å². The summed E-state index contributed by atoms with van der Waals surface area (Å²) in [6.07, 6.45) is 2.69. The average Bonchev–Trinajstić information content (AvgIpc) is 2.93. The van der Waals surface area contributed by atoms with Crippen LogP contribution in [0.5, 0.6) is 0 Å². The van der Waals surface area contributed by atoms with E-state index in [1.807, 2.05) is 24.9 Å². The van der Waals surface area contributed by atoms with Gasteiger partial charge in [0.1, 0.15) is 5.56 Å². The molecular formula is C13H18N2O2. The Balaban J connectivity index is 2.22. The number of aryl methyl sites for hydroxylation is 1. The van der Waals surface area contributed by atoms with Crippen LogP contribution in [0, 0.1) is 18.8 Å². The molecule has 1 fully saturated rings. The van der Waals surface area contributed by atoms with E-state index in [0.29, 0.717) is 5.92 Å². The first-order valence-electron chi connectivity index (χ1n) is 5.90. The topological polar surface area (TPSA) is 53.4 Å². The van der Waals surface area contributed by atoms with Gasteiger partial charge in [-0.1, -0.05) is 6.92 Å². The van der Waals surface area contributed by atoms with Gasteiger partial charge in [-0.05, 0) is 31.2 Å². The summed E-state index contributed by atoms with van der Waals surface area (Å²) in [6.45, 7) is 5.03. The lowest BCUT2D eigenvalue weighted by Crippen LogP contribution is -2.23. The molecule has 1 aliphatic rings. The maximum absolute atomic E-state index is 11.1. The highest BCUT2D eigenvalue weighted by Crippen LogP contribution is 2.39. The Labute approximate surface area is 101 Å². The molecule has 1 heterocycles. The van der Waals surface area contributed by atoms with Crippen molar-refractivity contribution in [1.82, 2.24) is 4.98 Å². The van der Waals surface area contributed by atoms with Crippen molar-refractivity contribution in [3.63, 3.8) is 0 Å². The summed E-state index contributed by atoms with van der Waals surface area (Å²) in [5.74, 6) is 0.562. The Morgan fingerprint density at radius 3 is 2.82 bits per heavy atom. The fourth-order valence-corrected chi connectivity index (χ4v) is 2.13. The number of carboxylic acid groups (broad SMARTS) is 1. The van der Waals surface area contributed by atoms with Crippen LogP contribution < -0.4 is 4.90 Å². The van der Waals surface area contributed by atoms with Gasteiger partial charge in [0.15, 0.2) is 0 Å². The molecule has 0 spiro atoms. The van der Waals surface area contributed by atoms with E-state index in [-0.39, 0.29) is 5.56 Å². The van der Waals surface area contributed by atoms with Crippen molar-refractivity contribution < 1.29 is 9.90 Å². The Morgan fingerprint density at radius 2 is 2.29 bits per heavy atom. The SMILES string of the molecule is Cc1cc(N(C)CC2CC2C)c(C(=O)O)cn1. The molecule has 1 aromatic heterocycles. The lowest BCUT2D eigenvalue weighted by molar-refractivity contribution is 0.0697. The van der Waals surface area contributed by atoms with Gasteiger partial charge in [0.2, 0.25) is 0 Å². The van der Waals surface area contributed by atoms with Crippen LogP contribution in [0.3, 0.4) is 0 Å². The highest BCUT2D eigenvalue weighted by atomic mass is 16.4. The van der Waals surface area contributed by atoms with Crippen LogP contribution in [0.25, 0.3) is 0 Å². The van der Waals surface area contributed by atoms with Crippen molar-refractivity contribution in [1.29, 1.82) is 0 Å². The van der Waals surface area contributed by atoms with E-state index in [9.17, 15) is 4.79 Å². The first-order chi connectivity index (χ1) is 7.99. The highest BCUT2D eigenvalue weighted by Gasteiger charge is 2.33. The molecule has 0 saturated heterocycles. The summed E-state index contributed by atoms with van der Waals surface area (Å²) in [5, 5.41) is 9.14. The zero-order chi connectivity index (χ0) is 12.6. The summed E-state index contributed by atoms with van der Waals surface area (Å²) in [4.78, 5) is 17.2. The Kier molecular flexibility index (Phi) is 3.05. The number of anilines is 1. The first kappa shape index (κ1) is 11.9. The molecular weight excluding hydrogens is 216 g/mol. The third kappa shape index (κ3) is 2.57. The van der Waals surface area contributed by atoms with E-state index in [4.69, 9.17) is 5.11 Å². The van der Waals surface area contributed by atoms with Crippen molar-refractivity contribution >= 4 is 11.7 Å².